The molecule has 0 aliphatic carbocycles. The second-order valence-electron chi connectivity index (χ2n) is 7.34. The maximum atomic E-state index is 13.2. The number of methoxy groups -OCH3 is 2. The summed E-state index contributed by atoms with van der Waals surface area (Å²) in [5.41, 5.74) is 0.887. The van der Waals surface area contributed by atoms with Crippen molar-refractivity contribution in [1.82, 2.24) is 0 Å². The van der Waals surface area contributed by atoms with Crippen LogP contribution in [0.2, 0.25) is 0 Å². The van der Waals surface area contributed by atoms with Gasteiger partial charge in [0, 0.05) is 6.42 Å². The van der Waals surface area contributed by atoms with Gasteiger partial charge < -0.3 is 19.5 Å². The van der Waals surface area contributed by atoms with E-state index in [0.29, 0.717) is 11.1 Å². The van der Waals surface area contributed by atoms with Gasteiger partial charge in [-0.05, 0) is 48.7 Å². The number of cyclic esters (lactones) is 1. The number of esters is 3. The Kier molecular flexibility index (Phi) is 6.10. The van der Waals surface area contributed by atoms with Gasteiger partial charge in [0.05, 0.1) is 36.6 Å². The third-order valence-electron chi connectivity index (χ3n) is 5.22. The van der Waals surface area contributed by atoms with Crippen molar-refractivity contribution in [2.75, 3.05) is 19.5 Å². The van der Waals surface area contributed by atoms with Crippen molar-refractivity contribution in [3.05, 3.63) is 64.2 Å². The highest BCUT2D eigenvalue weighted by Gasteiger charge is 2.43. The zero-order chi connectivity index (χ0) is 22.8. The normalized spacial score (nSPS) is 17.2. The zero-order valence-corrected chi connectivity index (χ0v) is 17.7. The van der Waals surface area contributed by atoms with Crippen LogP contribution in [-0.4, -0.2) is 43.6 Å². The molecule has 0 aromatic heterocycles. The van der Waals surface area contributed by atoms with E-state index in [-0.39, 0.29) is 23.2 Å². The number of amides is 1. The Labute approximate surface area is 179 Å². The third-order valence-corrected chi connectivity index (χ3v) is 5.22. The van der Waals surface area contributed by atoms with Gasteiger partial charge in [-0.25, -0.2) is 14.4 Å². The number of ether oxygens (including phenoxy) is 3. The van der Waals surface area contributed by atoms with Crippen LogP contribution in [0.1, 0.15) is 56.0 Å². The van der Waals surface area contributed by atoms with Crippen LogP contribution in [0.25, 0.3) is 0 Å². The molecule has 162 valence electrons. The van der Waals surface area contributed by atoms with Gasteiger partial charge in [-0.3, -0.25) is 4.79 Å². The largest absolute Gasteiger partial charge is 0.465 e. The molecule has 0 fully saturated rings. The predicted octanol–water partition coefficient (Wildman–Crippen LogP) is 2.93. The average molecular weight is 425 g/mol. The molecule has 0 radical (unpaired) electrons. The summed E-state index contributed by atoms with van der Waals surface area (Å²) in [6.45, 7) is 3.50. The first kappa shape index (κ1) is 22.0. The third kappa shape index (κ3) is 4.28. The van der Waals surface area contributed by atoms with E-state index in [1.807, 2.05) is 19.1 Å². The molecule has 1 aliphatic heterocycles. The Bertz CT molecular complexity index is 1080. The van der Waals surface area contributed by atoms with E-state index in [4.69, 9.17) is 14.2 Å². The molecule has 0 saturated heterocycles. The first-order chi connectivity index (χ1) is 14.7. The summed E-state index contributed by atoms with van der Waals surface area (Å²) >= 11 is 0. The van der Waals surface area contributed by atoms with Crippen molar-refractivity contribution < 1.29 is 33.4 Å². The number of nitrogens with one attached hydrogen (secondary N) is 1. The second kappa shape index (κ2) is 8.59. The first-order valence-electron chi connectivity index (χ1n) is 9.69. The van der Waals surface area contributed by atoms with Gasteiger partial charge in [-0.1, -0.05) is 19.1 Å². The van der Waals surface area contributed by atoms with E-state index >= 15 is 0 Å². The molecule has 1 aliphatic rings. The average Bonchev–Trinajstić information content (AvgIpc) is 2.77. The number of hydrogen-bond donors (Lipinski definition) is 1. The van der Waals surface area contributed by atoms with Crippen molar-refractivity contribution >= 4 is 29.5 Å². The minimum absolute atomic E-state index is 0.0444. The molecular weight excluding hydrogens is 402 g/mol. The standard InChI is InChI=1S/C23H23NO7/c1-5-13-6-8-16-15(10-13)12-23(2,31-21(16)27)22(28)24-18-11-14(19(25)29-3)7-9-17(18)20(26)30-4/h6-11H,5,12H2,1-4H3,(H,24,28). The molecule has 1 heterocycles. The molecule has 0 spiro atoms. The topological polar surface area (TPSA) is 108 Å². The fraction of sp³-hybridized carbons (Fsp3) is 0.304. The quantitative estimate of drug-likeness (QED) is 0.580. The molecular formula is C23H23NO7. The van der Waals surface area contributed by atoms with Crippen LogP contribution in [0, 0.1) is 0 Å². The highest BCUT2D eigenvalue weighted by atomic mass is 16.6. The summed E-state index contributed by atoms with van der Waals surface area (Å²) < 4.78 is 14.9. The number of benzene rings is 2. The number of fused-ring (bicyclic) bond motifs is 1. The number of hydrogen-bond acceptors (Lipinski definition) is 7. The molecule has 8 heteroatoms. The maximum Gasteiger partial charge on any atom is 0.339 e. The van der Waals surface area contributed by atoms with Gasteiger partial charge >= 0.3 is 17.9 Å². The summed E-state index contributed by atoms with van der Waals surface area (Å²) in [5, 5.41) is 2.61. The monoisotopic (exact) mass is 425 g/mol. The SMILES string of the molecule is CCc1ccc2c(c1)CC(C)(C(=O)Nc1cc(C(=O)OC)ccc1C(=O)OC)OC2=O. The van der Waals surface area contributed by atoms with Crippen LogP contribution >= 0.6 is 0 Å². The van der Waals surface area contributed by atoms with Gasteiger partial charge in [0.2, 0.25) is 0 Å². The van der Waals surface area contributed by atoms with E-state index in [2.05, 4.69) is 5.32 Å². The second-order valence-corrected chi connectivity index (χ2v) is 7.34. The van der Waals surface area contributed by atoms with Gasteiger partial charge in [0.1, 0.15) is 0 Å². The number of carbonyl (C=O) groups excluding carboxylic acids is 4. The first-order valence-corrected chi connectivity index (χ1v) is 9.69. The summed E-state index contributed by atoms with van der Waals surface area (Å²) in [7, 11) is 2.42. The Hall–Kier alpha value is -3.68. The maximum absolute atomic E-state index is 13.2. The molecule has 1 amide bonds. The Morgan fingerprint density at radius 1 is 1.06 bits per heavy atom. The van der Waals surface area contributed by atoms with Crippen molar-refractivity contribution in [2.24, 2.45) is 0 Å². The van der Waals surface area contributed by atoms with E-state index in [9.17, 15) is 19.2 Å². The smallest absolute Gasteiger partial charge is 0.339 e. The van der Waals surface area contributed by atoms with Crippen LogP contribution in [0.5, 0.6) is 0 Å². The van der Waals surface area contributed by atoms with E-state index < -0.39 is 29.4 Å². The molecule has 31 heavy (non-hydrogen) atoms. The van der Waals surface area contributed by atoms with Gasteiger partial charge in [-0.15, -0.1) is 0 Å². The summed E-state index contributed by atoms with van der Waals surface area (Å²) in [5.74, 6) is -2.57. The lowest BCUT2D eigenvalue weighted by molar-refractivity contribution is -0.134. The zero-order valence-electron chi connectivity index (χ0n) is 17.7. The number of carbonyl (C=O) groups is 4. The van der Waals surface area contributed by atoms with Crippen LogP contribution < -0.4 is 5.32 Å². The summed E-state index contributed by atoms with van der Waals surface area (Å²) in [6, 6.07) is 9.49. The Balaban J connectivity index is 1.95. The molecule has 1 N–H and O–H groups in total. The van der Waals surface area contributed by atoms with Crippen LogP contribution in [-0.2, 0) is 31.8 Å². The van der Waals surface area contributed by atoms with Crippen LogP contribution in [0.4, 0.5) is 5.69 Å². The van der Waals surface area contributed by atoms with Crippen molar-refractivity contribution in [1.29, 1.82) is 0 Å². The lowest BCUT2D eigenvalue weighted by Gasteiger charge is -2.33. The predicted molar refractivity (Wildman–Crippen MR) is 111 cm³/mol. The fourth-order valence-electron chi connectivity index (χ4n) is 3.43. The molecule has 1 unspecified atom stereocenters. The highest BCUT2D eigenvalue weighted by Crippen LogP contribution is 2.31. The summed E-state index contributed by atoms with van der Waals surface area (Å²) in [4.78, 5) is 49.7. The molecule has 2 aromatic rings. The lowest BCUT2D eigenvalue weighted by Crippen LogP contribution is -2.49. The van der Waals surface area contributed by atoms with E-state index in [1.54, 1.807) is 6.07 Å². The molecule has 3 rings (SSSR count). The highest BCUT2D eigenvalue weighted by molar-refractivity contribution is 6.07. The van der Waals surface area contributed by atoms with E-state index in [0.717, 1.165) is 12.0 Å². The van der Waals surface area contributed by atoms with Crippen LogP contribution in [0.3, 0.4) is 0 Å². The van der Waals surface area contributed by atoms with Crippen LogP contribution in [0.15, 0.2) is 36.4 Å². The molecule has 1 atom stereocenters. The molecule has 0 bridgehead atoms. The Morgan fingerprint density at radius 2 is 1.77 bits per heavy atom. The van der Waals surface area contributed by atoms with Gasteiger partial charge in [0.15, 0.2) is 5.60 Å². The van der Waals surface area contributed by atoms with Crippen molar-refractivity contribution in [3.8, 4) is 0 Å². The van der Waals surface area contributed by atoms with Crippen molar-refractivity contribution in [3.63, 3.8) is 0 Å². The fourth-order valence-corrected chi connectivity index (χ4v) is 3.43. The number of rotatable bonds is 5. The Morgan fingerprint density at radius 3 is 2.42 bits per heavy atom. The lowest BCUT2D eigenvalue weighted by atomic mass is 9.88. The van der Waals surface area contributed by atoms with Crippen molar-refractivity contribution in [2.45, 2.75) is 32.3 Å². The van der Waals surface area contributed by atoms with Gasteiger partial charge in [-0.2, -0.15) is 0 Å². The number of aryl methyl sites for hydroxylation is 1. The number of anilines is 1. The minimum Gasteiger partial charge on any atom is -0.465 e. The molecule has 0 saturated carbocycles. The molecule has 2 aromatic carbocycles. The molecule has 8 nitrogen and oxygen atoms in total. The van der Waals surface area contributed by atoms with E-state index in [1.165, 1.54) is 39.3 Å². The minimum atomic E-state index is -1.51. The summed E-state index contributed by atoms with van der Waals surface area (Å²) in [6.07, 6.45) is 0.950. The van der Waals surface area contributed by atoms with Gasteiger partial charge in [0.25, 0.3) is 5.91 Å².